The maximum atomic E-state index is 13.0. The lowest BCUT2D eigenvalue weighted by Gasteiger charge is -2.20. The summed E-state index contributed by atoms with van der Waals surface area (Å²) in [5, 5.41) is 14.5. The zero-order valence-electron chi connectivity index (χ0n) is 19.7. The third-order valence-electron chi connectivity index (χ3n) is 5.18. The van der Waals surface area contributed by atoms with Crippen LogP contribution in [-0.4, -0.2) is 50.6 Å². The molecule has 2 heterocycles. The van der Waals surface area contributed by atoms with Crippen molar-refractivity contribution in [2.75, 3.05) is 13.2 Å². The van der Waals surface area contributed by atoms with Crippen molar-refractivity contribution in [3.8, 4) is 11.3 Å². The smallest absolute Gasteiger partial charge is 0.358 e. The zero-order valence-corrected chi connectivity index (χ0v) is 21.2. The van der Waals surface area contributed by atoms with Crippen LogP contribution in [0.2, 0.25) is 10.0 Å². The fourth-order valence-electron chi connectivity index (χ4n) is 3.70. The van der Waals surface area contributed by atoms with Gasteiger partial charge in [-0.3, -0.25) is 9.48 Å². The molecule has 2 aromatic heterocycles. The number of nitrogens with zero attached hydrogens (tertiary/aromatic N) is 3. The Morgan fingerprint density at radius 3 is 2.22 bits per heavy atom. The molecule has 0 fully saturated rings. The van der Waals surface area contributed by atoms with E-state index < -0.39 is 28.9 Å². The number of esters is 2. The van der Waals surface area contributed by atoms with Gasteiger partial charge in [0, 0.05) is 29.9 Å². The normalized spacial score (nSPS) is 10.8. The molecule has 0 saturated heterocycles. The number of benzene rings is 1. The van der Waals surface area contributed by atoms with Gasteiger partial charge in [-0.1, -0.05) is 29.3 Å². The summed E-state index contributed by atoms with van der Waals surface area (Å²) in [6.45, 7) is 5.34. The van der Waals surface area contributed by atoms with Crippen molar-refractivity contribution in [3.05, 3.63) is 73.2 Å². The predicted molar refractivity (Wildman–Crippen MR) is 132 cm³/mol. The number of hydrogen-bond donors (Lipinski definition) is 1. The molecule has 36 heavy (non-hydrogen) atoms. The highest BCUT2D eigenvalue weighted by molar-refractivity contribution is 6.42. The van der Waals surface area contributed by atoms with E-state index in [4.69, 9.17) is 32.7 Å². The van der Waals surface area contributed by atoms with E-state index in [1.807, 2.05) is 0 Å². The number of aromatic carboxylic acids is 1. The molecular formula is C24H23Cl2N3O7. The molecule has 0 spiro atoms. The minimum absolute atomic E-state index is 0.0339. The molecule has 0 aliphatic heterocycles. The van der Waals surface area contributed by atoms with Crippen molar-refractivity contribution in [1.82, 2.24) is 14.3 Å². The van der Waals surface area contributed by atoms with Gasteiger partial charge in [0.2, 0.25) is 0 Å². The van der Waals surface area contributed by atoms with Crippen LogP contribution in [-0.2, 0) is 22.6 Å². The largest absolute Gasteiger partial charge is 0.477 e. The fourth-order valence-corrected chi connectivity index (χ4v) is 4.00. The summed E-state index contributed by atoms with van der Waals surface area (Å²) < 4.78 is 12.9. The number of carboxylic acid groups (broad SMARTS) is 1. The van der Waals surface area contributed by atoms with Crippen LogP contribution >= 0.6 is 23.2 Å². The summed E-state index contributed by atoms with van der Waals surface area (Å²) in [7, 11) is 0. The molecule has 3 aromatic rings. The summed E-state index contributed by atoms with van der Waals surface area (Å²) in [6, 6.07) is 6.94. The number of hydrogen-bond acceptors (Lipinski definition) is 7. The van der Waals surface area contributed by atoms with Crippen molar-refractivity contribution in [1.29, 1.82) is 0 Å². The number of rotatable bonds is 9. The first-order chi connectivity index (χ1) is 17.1. The van der Waals surface area contributed by atoms with Crippen LogP contribution in [0.5, 0.6) is 0 Å². The first kappa shape index (κ1) is 27.0. The summed E-state index contributed by atoms with van der Waals surface area (Å²) >= 11 is 12.2. The third-order valence-corrected chi connectivity index (χ3v) is 5.92. The van der Waals surface area contributed by atoms with Crippen molar-refractivity contribution in [2.24, 2.45) is 0 Å². The Balaban J connectivity index is 2.24. The summed E-state index contributed by atoms with van der Waals surface area (Å²) in [6.07, 6.45) is 0. The van der Waals surface area contributed by atoms with Gasteiger partial charge in [0.15, 0.2) is 11.1 Å². The standard InChI is InChI=1S/C24H23Cl2N3O7/c1-4-28-14(12-29-18(24(34)36-6-3)11-17(27-29)23(33)35-5-2)10-19(30)20(22(31)32)21(28)13-7-8-15(25)16(26)9-13/h7-11H,4-6,12H2,1-3H3,(H,31,32). The van der Waals surface area contributed by atoms with E-state index in [1.54, 1.807) is 31.4 Å². The van der Waals surface area contributed by atoms with E-state index in [0.29, 0.717) is 11.3 Å². The maximum Gasteiger partial charge on any atom is 0.358 e. The van der Waals surface area contributed by atoms with Gasteiger partial charge in [-0.2, -0.15) is 5.10 Å². The summed E-state index contributed by atoms with van der Waals surface area (Å²) in [5.74, 6) is -2.86. The lowest BCUT2D eigenvalue weighted by Crippen LogP contribution is -2.25. The maximum absolute atomic E-state index is 13.0. The van der Waals surface area contributed by atoms with Gasteiger partial charge < -0.3 is 19.1 Å². The van der Waals surface area contributed by atoms with Gasteiger partial charge >= 0.3 is 17.9 Å². The second-order valence-electron chi connectivity index (χ2n) is 7.42. The van der Waals surface area contributed by atoms with Crippen molar-refractivity contribution < 1.29 is 29.0 Å². The van der Waals surface area contributed by atoms with Crippen LogP contribution in [0.15, 0.2) is 35.1 Å². The van der Waals surface area contributed by atoms with Crippen molar-refractivity contribution >= 4 is 41.1 Å². The highest BCUT2D eigenvalue weighted by Gasteiger charge is 2.25. The highest BCUT2D eigenvalue weighted by Crippen LogP contribution is 2.31. The van der Waals surface area contributed by atoms with Gasteiger partial charge in [0.05, 0.1) is 35.5 Å². The van der Waals surface area contributed by atoms with Gasteiger partial charge in [-0.15, -0.1) is 0 Å². The minimum atomic E-state index is -1.41. The predicted octanol–water partition coefficient (Wildman–Crippen LogP) is 4.14. The quantitative estimate of drug-likeness (QED) is 0.404. The molecule has 0 radical (unpaired) electrons. The first-order valence-electron chi connectivity index (χ1n) is 11.0. The Labute approximate surface area is 216 Å². The number of halogens is 2. The third kappa shape index (κ3) is 5.44. The van der Waals surface area contributed by atoms with Crippen LogP contribution in [0, 0.1) is 0 Å². The molecule has 3 rings (SSSR count). The Hall–Kier alpha value is -3.63. The molecule has 10 nitrogen and oxygen atoms in total. The zero-order chi connectivity index (χ0) is 26.6. The first-order valence-corrected chi connectivity index (χ1v) is 11.8. The van der Waals surface area contributed by atoms with Crippen LogP contribution in [0.4, 0.5) is 0 Å². The van der Waals surface area contributed by atoms with Gasteiger partial charge in [-0.25, -0.2) is 14.4 Å². The molecule has 1 aromatic carbocycles. The number of aromatic nitrogens is 3. The SMILES string of the molecule is CCOC(=O)c1cc(C(=O)OCC)n(Cc2cc(=O)c(C(=O)O)c(-c3ccc(Cl)c(Cl)c3)n2CC)n1. The molecular weight excluding hydrogens is 513 g/mol. The topological polar surface area (TPSA) is 130 Å². The Morgan fingerprint density at radius 1 is 0.972 bits per heavy atom. The molecule has 0 unspecified atom stereocenters. The van der Waals surface area contributed by atoms with Crippen molar-refractivity contribution in [2.45, 2.75) is 33.9 Å². The van der Waals surface area contributed by atoms with Crippen LogP contribution in [0.3, 0.4) is 0 Å². The molecule has 0 aliphatic carbocycles. The van der Waals surface area contributed by atoms with Crippen LogP contribution in [0.1, 0.15) is 57.8 Å². The average Bonchev–Trinajstić information content (AvgIpc) is 3.24. The molecule has 190 valence electrons. The molecule has 0 aliphatic rings. The molecule has 0 saturated carbocycles. The van der Waals surface area contributed by atoms with Crippen LogP contribution < -0.4 is 5.43 Å². The summed E-state index contributed by atoms with van der Waals surface area (Å²) in [5.41, 5.74) is -0.540. The molecule has 0 atom stereocenters. The van der Waals surface area contributed by atoms with Crippen molar-refractivity contribution in [3.63, 3.8) is 0 Å². The fraction of sp³-hybridized carbons (Fsp3) is 0.292. The number of pyridine rings is 1. The van der Waals surface area contributed by atoms with E-state index in [-0.39, 0.29) is 53.4 Å². The van der Waals surface area contributed by atoms with E-state index in [0.717, 1.165) is 6.07 Å². The highest BCUT2D eigenvalue weighted by atomic mass is 35.5. The molecule has 0 bridgehead atoms. The van der Waals surface area contributed by atoms with E-state index in [1.165, 1.54) is 22.9 Å². The average molecular weight is 536 g/mol. The second kappa shape index (κ2) is 11.4. The molecule has 12 heteroatoms. The minimum Gasteiger partial charge on any atom is -0.477 e. The lowest BCUT2D eigenvalue weighted by molar-refractivity contribution is 0.0506. The van der Waals surface area contributed by atoms with Gasteiger partial charge in [-0.05, 0) is 32.9 Å². The number of carbonyl (C=O) groups excluding carboxylic acids is 2. The van der Waals surface area contributed by atoms with E-state index in [2.05, 4.69) is 5.10 Å². The van der Waals surface area contributed by atoms with Gasteiger partial charge in [0.25, 0.3) is 0 Å². The Kier molecular flexibility index (Phi) is 8.54. The Bertz CT molecular complexity index is 1400. The van der Waals surface area contributed by atoms with Crippen LogP contribution in [0.25, 0.3) is 11.3 Å². The second-order valence-corrected chi connectivity index (χ2v) is 8.23. The molecule has 0 amide bonds. The van der Waals surface area contributed by atoms with E-state index in [9.17, 15) is 24.3 Å². The summed E-state index contributed by atoms with van der Waals surface area (Å²) in [4.78, 5) is 49.8. The number of carbonyl (C=O) groups is 3. The molecule has 1 N–H and O–H groups in total. The monoisotopic (exact) mass is 535 g/mol. The van der Waals surface area contributed by atoms with E-state index >= 15 is 0 Å². The number of carboxylic acids is 1. The number of ether oxygens (including phenoxy) is 2. The van der Waals surface area contributed by atoms with Gasteiger partial charge in [0.1, 0.15) is 11.3 Å². The lowest BCUT2D eigenvalue weighted by atomic mass is 10.0. The Morgan fingerprint density at radius 2 is 1.64 bits per heavy atom.